The number of likely N-dealkylation sites (tertiary alicyclic amines) is 1. The van der Waals surface area contributed by atoms with E-state index in [9.17, 15) is 13.2 Å². The fraction of sp³-hybridized carbons (Fsp3) is 0.933. The summed E-state index contributed by atoms with van der Waals surface area (Å²) < 4.78 is 25.2. The summed E-state index contributed by atoms with van der Waals surface area (Å²) in [7, 11) is -3.10. The summed E-state index contributed by atoms with van der Waals surface area (Å²) in [4.78, 5) is 14.4. The third kappa shape index (κ3) is 3.93. The average Bonchev–Trinajstić information content (AvgIpc) is 2.97. The molecule has 2 heterocycles. The Hall–Kier alpha value is -0.820. The van der Waals surface area contributed by atoms with Crippen molar-refractivity contribution in [1.82, 2.24) is 14.5 Å². The number of rotatable bonds is 4. The molecule has 7 heteroatoms. The predicted molar refractivity (Wildman–Crippen MR) is 87.2 cm³/mol. The number of urea groups is 1. The summed E-state index contributed by atoms with van der Waals surface area (Å²) in [6.07, 6.45) is 3.55. The monoisotopic (exact) mass is 331 g/mol. The molecule has 1 N–H and O–H groups in total. The molecule has 0 aromatic heterocycles. The summed E-state index contributed by atoms with van der Waals surface area (Å²) in [6.45, 7) is 7.83. The first-order chi connectivity index (χ1) is 10.3. The number of sulfonamides is 1. The van der Waals surface area contributed by atoms with Gasteiger partial charge in [-0.15, -0.1) is 0 Å². The lowest BCUT2D eigenvalue weighted by molar-refractivity contribution is 0.170. The number of carbonyl (C=O) groups excluding carboxylic acids is 1. The Morgan fingerprint density at radius 1 is 1.18 bits per heavy atom. The summed E-state index contributed by atoms with van der Waals surface area (Å²) in [5, 5.41) is 3.10. The third-order valence-electron chi connectivity index (χ3n) is 4.87. The van der Waals surface area contributed by atoms with Crippen LogP contribution in [0.4, 0.5) is 4.79 Å². The number of nitrogens with one attached hydrogen (secondary N) is 1. The van der Waals surface area contributed by atoms with Crippen molar-refractivity contribution in [3.63, 3.8) is 0 Å². The second-order valence-corrected chi connectivity index (χ2v) is 8.93. The van der Waals surface area contributed by atoms with E-state index in [1.165, 1.54) is 0 Å². The molecule has 0 aromatic carbocycles. The number of hydrogen-bond acceptors (Lipinski definition) is 3. The third-order valence-corrected chi connectivity index (χ3v) is 6.75. The molecule has 128 valence electrons. The van der Waals surface area contributed by atoms with Crippen molar-refractivity contribution >= 4 is 16.1 Å². The zero-order valence-electron chi connectivity index (χ0n) is 13.9. The lowest BCUT2D eigenvalue weighted by atomic mass is 10.0. The molecule has 0 radical (unpaired) electrons. The van der Waals surface area contributed by atoms with Gasteiger partial charge >= 0.3 is 6.03 Å². The van der Waals surface area contributed by atoms with Crippen LogP contribution in [0.25, 0.3) is 0 Å². The first kappa shape index (κ1) is 17.5. The minimum absolute atomic E-state index is 0.0213. The molecule has 22 heavy (non-hydrogen) atoms. The zero-order chi connectivity index (χ0) is 16.3. The molecule has 1 atom stereocenters. The smallest absolute Gasteiger partial charge is 0.317 e. The molecule has 2 amide bonds. The predicted octanol–water partition coefficient (Wildman–Crippen LogP) is 1.63. The van der Waals surface area contributed by atoms with Crippen molar-refractivity contribution < 1.29 is 13.2 Å². The molecule has 0 spiro atoms. The molecular formula is C15H29N3O3S. The van der Waals surface area contributed by atoms with Crippen molar-refractivity contribution in [3.05, 3.63) is 0 Å². The van der Waals surface area contributed by atoms with Gasteiger partial charge in [0.05, 0.1) is 5.75 Å². The summed E-state index contributed by atoms with van der Waals surface area (Å²) in [5.41, 5.74) is 0. The van der Waals surface area contributed by atoms with Crippen LogP contribution < -0.4 is 5.32 Å². The maximum Gasteiger partial charge on any atom is 0.317 e. The average molecular weight is 331 g/mol. The van der Waals surface area contributed by atoms with Crippen molar-refractivity contribution in [1.29, 1.82) is 0 Å². The molecule has 0 bridgehead atoms. The molecule has 2 aliphatic heterocycles. The molecule has 0 aliphatic carbocycles. The van der Waals surface area contributed by atoms with Crippen LogP contribution >= 0.6 is 0 Å². The first-order valence-corrected chi connectivity index (χ1v) is 10.0. The zero-order valence-corrected chi connectivity index (χ0v) is 14.7. The Morgan fingerprint density at radius 3 is 2.36 bits per heavy atom. The van der Waals surface area contributed by atoms with Crippen LogP contribution in [0.2, 0.25) is 0 Å². The van der Waals surface area contributed by atoms with Gasteiger partial charge in [-0.25, -0.2) is 17.5 Å². The molecule has 2 aliphatic rings. The summed E-state index contributed by atoms with van der Waals surface area (Å²) in [5.74, 6) is 0.623. The SMILES string of the molecule is CCS(=O)(=O)N1CCC(NC(=O)N2CCCC2C(C)C)CC1. The molecule has 1 unspecified atom stereocenters. The Balaban J connectivity index is 1.84. The fourth-order valence-corrected chi connectivity index (χ4v) is 4.59. The standard InChI is InChI=1S/C15H29N3O3S/c1-4-22(20,21)17-10-7-13(8-11-17)16-15(19)18-9-5-6-14(18)12(2)3/h12-14H,4-11H2,1-3H3,(H,16,19). The maximum absolute atomic E-state index is 12.4. The maximum atomic E-state index is 12.4. The van der Waals surface area contributed by atoms with Crippen LogP contribution in [-0.2, 0) is 10.0 Å². The lowest BCUT2D eigenvalue weighted by Gasteiger charge is -2.34. The normalized spacial score (nSPS) is 24.9. The molecule has 2 saturated heterocycles. The van der Waals surface area contributed by atoms with Crippen molar-refractivity contribution in [3.8, 4) is 0 Å². The van der Waals surface area contributed by atoms with Crippen molar-refractivity contribution in [2.24, 2.45) is 5.92 Å². The number of piperidine rings is 1. The highest BCUT2D eigenvalue weighted by molar-refractivity contribution is 7.89. The second-order valence-electron chi connectivity index (χ2n) is 6.67. The second kappa shape index (κ2) is 7.17. The molecular weight excluding hydrogens is 302 g/mol. The van der Waals surface area contributed by atoms with Crippen LogP contribution in [0, 0.1) is 5.92 Å². The molecule has 2 fully saturated rings. The van der Waals surface area contributed by atoms with Gasteiger partial charge in [-0.2, -0.15) is 0 Å². The quantitative estimate of drug-likeness (QED) is 0.851. The van der Waals surface area contributed by atoms with Gasteiger partial charge in [-0.3, -0.25) is 0 Å². The van der Waals surface area contributed by atoms with Crippen LogP contribution in [0.5, 0.6) is 0 Å². The van der Waals surface area contributed by atoms with E-state index >= 15 is 0 Å². The Bertz CT molecular complexity index is 484. The highest BCUT2D eigenvalue weighted by atomic mass is 32.2. The Morgan fingerprint density at radius 2 is 1.82 bits per heavy atom. The van der Waals surface area contributed by atoms with Gasteiger partial charge in [0.2, 0.25) is 10.0 Å². The number of carbonyl (C=O) groups is 1. The van der Waals surface area contributed by atoms with Gasteiger partial charge in [0.25, 0.3) is 0 Å². The van der Waals surface area contributed by atoms with Gasteiger partial charge in [0, 0.05) is 31.7 Å². The van der Waals surface area contributed by atoms with E-state index in [0.717, 1.165) is 19.4 Å². The first-order valence-electron chi connectivity index (χ1n) is 8.40. The fourth-order valence-electron chi connectivity index (χ4n) is 3.46. The lowest BCUT2D eigenvalue weighted by Crippen LogP contribution is -2.52. The van der Waals surface area contributed by atoms with Gasteiger partial charge in [-0.1, -0.05) is 13.8 Å². The van der Waals surface area contributed by atoms with Crippen molar-refractivity contribution in [2.75, 3.05) is 25.4 Å². The number of nitrogens with zero attached hydrogens (tertiary/aromatic N) is 2. The summed E-state index contributed by atoms with van der Waals surface area (Å²) in [6, 6.07) is 0.442. The van der Waals surface area contributed by atoms with E-state index in [1.54, 1.807) is 11.2 Å². The summed E-state index contributed by atoms with van der Waals surface area (Å²) >= 11 is 0. The van der Waals surface area contributed by atoms with Crippen molar-refractivity contribution in [2.45, 2.75) is 58.5 Å². The molecule has 0 saturated carbocycles. The van der Waals surface area contributed by atoms with Gasteiger partial charge in [0.15, 0.2) is 0 Å². The van der Waals surface area contributed by atoms with E-state index in [-0.39, 0.29) is 17.8 Å². The molecule has 6 nitrogen and oxygen atoms in total. The topological polar surface area (TPSA) is 69.7 Å². The Kier molecular flexibility index (Phi) is 5.71. The van der Waals surface area contributed by atoms with E-state index in [2.05, 4.69) is 19.2 Å². The van der Waals surface area contributed by atoms with Crippen LogP contribution in [0.3, 0.4) is 0 Å². The molecule has 0 aromatic rings. The highest BCUT2D eigenvalue weighted by Gasteiger charge is 2.33. The minimum atomic E-state index is -3.10. The van der Waals surface area contributed by atoms with E-state index < -0.39 is 10.0 Å². The number of amides is 2. The van der Waals surface area contributed by atoms with Gasteiger partial charge in [0.1, 0.15) is 0 Å². The van der Waals surface area contributed by atoms with E-state index in [0.29, 0.717) is 37.9 Å². The van der Waals surface area contributed by atoms with Gasteiger partial charge in [-0.05, 0) is 38.5 Å². The minimum Gasteiger partial charge on any atom is -0.335 e. The Labute approximate surface area is 134 Å². The largest absolute Gasteiger partial charge is 0.335 e. The van der Waals surface area contributed by atoms with E-state index in [4.69, 9.17) is 0 Å². The number of hydrogen-bond donors (Lipinski definition) is 1. The van der Waals surface area contributed by atoms with Gasteiger partial charge < -0.3 is 10.2 Å². The van der Waals surface area contributed by atoms with E-state index in [1.807, 2.05) is 4.90 Å². The van der Waals surface area contributed by atoms with Crippen LogP contribution in [0.15, 0.2) is 0 Å². The van der Waals surface area contributed by atoms with Crippen LogP contribution in [-0.4, -0.2) is 61.1 Å². The van der Waals surface area contributed by atoms with Crippen LogP contribution in [0.1, 0.15) is 46.5 Å². The highest BCUT2D eigenvalue weighted by Crippen LogP contribution is 2.24. The molecule has 2 rings (SSSR count).